The Morgan fingerprint density at radius 3 is 2.52 bits per heavy atom. The maximum Gasteiger partial charge on any atom is 0.263 e. The fourth-order valence-corrected chi connectivity index (χ4v) is 3.02. The predicted molar refractivity (Wildman–Crippen MR) is 95.9 cm³/mol. The van der Waals surface area contributed by atoms with Crippen LogP contribution in [-0.2, 0) is 6.54 Å². The van der Waals surface area contributed by atoms with E-state index in [0.717, 1.165) is 12.0 Å². The second kappa shape index (κ2) is 7.05. The van der Waals surface area contributed by atoms with Gasteiger partial charge in [-0.25, -0.2) is 0 Å². The number of aromatic nitrogens is 1. The Morgan fingerprint density at radius 2 is 1.92 bits per heavy atom. The van der Waals surface area contributed by atoms with E-state index in [9.17, 15) is 14.4 Å². The van der Waals surface area contributed by atoms with Crippen molar-refractivity contribution >= 4 is 11.7 Å². The Bertz CT molecular complexity index is 855. The van der Waals surface area contributed by atoms with Crippen LogP contribution in [0.15, 0.2) is 47.4 Å². The van der Waals surface area contributed by atoms with Crippen LogP contribution in [-0.4, -0.2) is 23.3 Å². The zero-order valence-electron chi connectivity index (χ0n) is 14.5. The molecule has 5 heteroatoms. The summed E-state index contributed by atoms with van der Waals surface area (Å²) >= 11 is 0. The molecule has 1 amide bonds. The lowest BCUT2D eigenvalue weighted by atomic mass is 10.0. The van der Waals surface area contributed by atoms with Gasteiger partial charge in [0.25, 0.3) is 11.5 Å². The Morgan fingerprint density at radius 1 is 1.24 bits per heavy atom. The van der Waals surface area contributed by atoms with Crippen molar-refractivity contribution in [3.05, 3.63) is 69.6 Å². The Hall–Kier alpha value is -2.69. The minimum absolute atomic E-state index is 0.00752. The fraction of sp³-hybridized carbons (Fsp3) is 0.350. The first-order valence-corrected chi connectivity index (χ1v) is 8.53. The van der Waals surface area contributed by atoms with Crippen molar-refractivity contribution in [3.63, 3.8) is 0 Å². The molecule has 0 radical (unpaired) electrons. The highest BCUT2D eigenvalue weighted by Gasteiger charge is 2.34. The number of hydrogen-bond acceptors (Lipinski definition) is 3. The van der Waals surface area contributed by atoms with Gasteiger partial charge in [-0.05, 0) is 29.9 Å². The topological polar surface area (TPSA) is 68.2 Å². The molecule has 1 aliphatic carbocycles. The maximum absolute atomic E-state index is 12.6. The summed E-state index contributed by atoms with van der Waals surface area (Å²) in [5.41, 5.74) is 0.980. The summed E-state index contributed by atoms with van der Waals surface area (Å²) in [6.45, 7) is 2.45. The Balaban J connectivity index is 1.97. The van der Waals surface area contributed by atoms with E-state index in [0.29, 0.717) is 30.4 Å². The number of nitrogens with one attached hydrogen (secondary N) is 1. The minimum atomic E-state index is -0.471. The zero-order chi connectivity index (χ0) is 18.0. The van der Waals surface area contributed by atoms with E-state index in [1.54, 1.807) is 6.20 Å². The Kier molecular flexibility index (Phi) is 4.83. The lowest BCUT2D eigenvalue weighted by Gasteiger charge is -2.11. The molecule has 1 aromatic carbocycles. The van der Waals surface area contributed by atoms with Gasteiger partial charge in [0, 0.05) is 25.2 Å². The largest absolute Gasteiger partial charge is 0.355 e. The summed E-state index contributed by atoms with van der Waals surface area (Å²) in [5.74, 6) is 0.519. The number of nitrogens with zero attached hydrogens (tertiary/aromatic N) is 1. The lowest BCUT2D eigenvalue weighted by molar-refractivity contribution is 0.0961. The van der Waals surface area contributed by atoms with E-state index in [1.807, 2.05) is 30.3 Å². The number of hydrogen-bond donors (Lipinski definition) is 1. The summed E-state index contributed by atoms with van der Waals surface area (Å²) in [4.78, 5) is 37.3. The number of rotatable bonds is 6. The molecule has 0 spiro atoms. The van der Waals surface area contributed by atoms with Crippen LogP contribution in [0.4, 0.5) is 0 Å². The van der Waals surface area contributed by atoms with E-state index in [1.165, 1.54) is 17.7 Å². The molecule has 1 saturated carbocycles. The molecule has 2 aromatic rings. The first-order valence-electron chi connectivity index (χ1n) is 8.53. The van der Waals surface area contributed by atoms with Crippen molar-refractivity contribution in [1.82, 2.24) is 9.88 Å². The van der Waals surface area contributed by atoms with Gasteiger partial charge >= 0.3 is 0 Å². The molecular formula is C20H22N2O3. The van der Waals surface area contributed by atoms with Gasteiger partial charge in [-0.3, -0.25) is 14.4 Å². The van der Waals surface area contributed by atoms with Crippen LogP contribution in [0.3, 0.4) is 0 Å². The quantitative estimate of drug-likeness (QED) is 0.823. The number of Topliss-reactive ketones (excluding diaryl/α,β-unsaturated/α-hetero) is 1. The molecule has 5 nitrogen and oxygen atoms in total. The van der Waals surface area contributed by atoms with Gasteiger partial charge in [0.05, 0.1) is 6.54 Å². The van der Waals surface area contributed by atoms with Crippen molar-refractivity contribution < 1.29 is 9.59 Å². The highest BCUT2D eigenvalue weighted by Crippen LogP contribution is 2.41. The Labute approximate surface area is 146 Å². The van der Waals surface area contributed by atoms with E-state index in [-0.39, 0.29) is 16.9 Å². The normalized spacial score (nSPS) is 18.6. The third-order valence-corrected chi connectivity index (χ3v) is 4.80. The van der Waals surface area contributed by atoms with Gasteiger partial charge in [-0.1, -0.05) is 37.3 Å². The zero-order valence-corrected chi connectivity index (χ0v) is 14.5. The third-order valence-electron chi connectivity index (χ3n) is 4.80. The van der Waals surface area contributed by atoms with Crippen molar-refractivity contribution in [2.75, 3.05) is 7.05 Å². The van der Waals surface area contributed by atoms with E-state index in [2.05, 4.69) is 12.2 Å². The molecule has 25 heavy (non-hydrogen) atoms. The molecule has 1 heterocycles. The second-order valence-corrected chi connectivity index (χ2v) is 6.74. The van der Waals surface area contributed by atoms with Crippen molar-refractivity contribution in [2.45, 2.75) is 26.3 Å². The molecule has 0 aliphatic heterocycles. The van der Waals surface area contributed by atoms with Crippen LogP contribution in [0.2, 0.25) is 0 Å². The van der Waals surface area contributed by atoms with Gasteiger partial charge in [-0.15, -0.1) is 0 Å². The number of amides is 1. The number of pyridine rings is 1. The monoisotopic (exact) mass is 338 g/mol. The van der Waals surface area contributed by atoms with Crippen LogP contribution in [0.25, 0.3) is 0 Å². The number of carbonyl (C=O) groups excluding carboxylic acids is 2. The van der Waals surface area contributed by atoms with E-state index < -0.39 is 5.91 Å². The first-order chi connectivity index (χ1) is 12.0. The van der Waals surface area contributed by atoms with Crippen LogP contribution < -0.4 is 10.9 Å². The first kappa shape index (κ1) is 17.1. The molecule has 130 valence electrons. The number of ketones is 1. The molecular weight excluding hydrogens is 316 g/mol. The molecule has 1 aromatic heterocycles. The highest BCUT2D eigenvalue weighted by molar-refractivity contribution is 6.00. The van der Waals surface area contributed by atoms with Gasteiger partial charge in [0.1, 0.15) is 5.56 Å². The summed E-state index contributed by atoms with van der Waals surface area (Å²) in [5, 5.41) is 2.48. The van der Waals surface area contributed by atoms with Crippen LogP contribution in [0.1, 0.15) is 46.0 Å². The van der Waals surface area contributed by atoms with Crippen LogP contribution >= 0.6 is 0 Å². The van der Waals surface area contributed by atoms with Crippen molar-refractivity contribution in [1.29, 1.82) is 0 Å². The van der Waals surface area contributed by atoms with E-state index in [4.69, 9.17) is 0 Å². The lowest BCUT2D eigenvalue weighted by Crippen LogP contribution is -2.32. The van der Waals surface area contributed by atoms with Crippen molar-refractivity contribution in [2.24, 2.45) is 11.8 Å². The van der Waals surface area contributed by atoms with Crippen LogP contribution in [0.5, 0.6) is 0 Å². The highest BCUT2D eigenvalue weighted by atomic mass is 16.2. The third kappa shape index (κ3) is 3.87. The standard InChI is InChI=1S/C20H22N2O3/c1-13-8-15(13)10-18(23)16-9-17(19(24)21-2)20(25)22(12-16)11-14-6-4-3-5-7-14/h3-7,9,12-13,15H,8,10-11H2,1-2H3,(H,21,24)/t13-,15?/m0/s1. The molecule has 0 saturated heterocycles. The number of carbonyl (C=O) groups is 2. The summed E-state index contributed by atoms with van der Waals surface area (Å²) in [6, 6.07) is 10.9. The SMILES string of the molecule is CNC(=O)c1cc(C(=O)CC2C[C@@H]2C)cn(Cc2ccccc2)c1=O. The molecule has 2 atom stereocenters. The summed E-state index contributed by atoms with van der Waals surface area (Å²) < 4.78 is 1.45. The van der Waals surface area contributed by atoms with Gasteiger partial charge in [0.15, 0.2) is 5.78 Å². The molecule has 1 N–H and O–H groups in total. The average Bonchev–Trinajstić information content (AvgIpc) is 3.31. The molecule has 0 bridgehead atoms. The summed E-state index contributed by atoms with van der Waals surface area (Å²) in [7, 11) is 1.48. The predicted octanol–water partition coefficient (Wildman–Crippen LogP) is 2.49. The smallest absolute Gasteiger partial charge is 0.263 e. The van der Waals surface area contributed by atoms with Gasteiger partial charge in [-0.2, -0.15) is 0 Å². The van der Waals surface area contributed by atoms with Crippen molar-refractivity contribution in [3.8, 4) is 0 Å². The van der Waals surface area contributed by atoms with Gasteiger partial charge in [0.2, 0.25) is 0 Å². The molecule has 1 unspecified atom stereocenters. The fourth-order valence-electron chi connectivity index (χ4n) is 3.02. The van der Waals surface area contributed by atoms with Crippen LogP contribution in [0, 0.1) is 11.8 Å². The molecule has 3 rings (SSSR count). The maximum atomic E-state index is 12.6. The summed E-state index contributed by atoms with van der Waals surface area (Å²) in [6.07, 6.45) is 3.12. The van der Waals surface area contributed by atoms with Gasteiger partial charge < -0.3 is 9.88 Å². The van der Waals surface area contributed by atoms with E-state index >= 15 is 0 Å². The average molecular weight is 338 g/mol. The second-order valence-electron chi connectivity index (χ2n) is 6.74. The molecule has 1 fully saturated rings. The molecule has 1 aliphatic rings. The number of benzene rings is 1. The minimum Gasteiger partial charge on any atom is -0.355 e.